The Kier molecular flexibility index (Phi) is 5.51. The van der Waals surface area contributed by atoms with Crippen molar-refractivity contribution in [3.8, 4) is 0 Å². The van der Waals surface area contributed by atoms with Crippen LogP contribution >= 0.6 is 0 Å². The van der Waals surface area contributed by atoms with Gasteiger partial charge in [-0.15, -0.1) is 0 Å². The number of carbonyl (C=O) groups excluding carboxylic acids is 1. The lowest BCUT2D eigenvalue weighted by Crippen LogP contribution is -2.50. The SMILES string of the molecule is NCCC1CCN(C(=O)NCC2Cc3ccccc3CN2)CC1. The highest BCUT2D eigenvalue weighted by Gasteiger charge is 2.23. The molecule has 1 aromatic carbocycles. The highest BCUT2D eigenvalue weighted by atomic mass is 16.2. The van der Waals surface area contributed by atoms with Crippen molar-refractivity contribution < 1.29 is 4.79 Å². The van der Waals surface area contributed by atoms with E-state index >= 15 is 0 Å². The molecule has 4 N–H and O–H groups in total. The van der Waals surface area contributed by atoms with Crippen LogP contribution in [0.2, 0.25) is 0 Å². The van der Waals surface area contributed by atoms with Crippen molar-refractivity contribution in [3.05, 3.63) is 35.4 Å². The number of hydrogen-bond acceptors (Lipinski definition) is 3. The van der Waals surface area contributed by atoms with Gasteiger partial charge in [-0.2, -0.15) is 0 Å². The van der Waals surface area contributed by atoms with E-state index in [1.807, 2.05) is 4.90 Å². The van der Waals surface area contributed by atoms with Gasteiger partial charge in [0.15, 0.2) is 0 Å². The molecule has 2 aliphatic rings. The molecule has 5 heteroatoms. The van der Waals surface area contributed by atoms with Crippen LogP contribution < -0.4 is 16.4 Å². The first kappa shape index (κ1) is 16.3. The first-order valence-electron chi connectivity index (χ1n) is 8.79. The summed E-state index contributed by atoms with van der Waals surface area (Å²) in [4.78, 5) is 14.3. The van der Waals surface area contributed by atoms with Crippen molar-refractivity contribution in [1.29, 1.82) is 0 Å². The number of amides is 2. The topological polar surface area (TPSA) is 70.4 Å². The number of carbonyl (C=O) groups is 1. The van der Waals surface area contributed by atoms with E-state index in [-0.39, 0.29) is 6.03 Å². The Balaban J connectivity index is 1.42. The van der Waals surface area contributed by atoms with Crippen molar-refractivity contribution >= 4 is 6.03 Å². The molecule has 1 unspecified atom stereocenters. The summed E-state index contributed by atoms with van der Waals surface area (Å²) in [6, 6.07) is 8.93. The van der Waals surface area contributed by atoms with Gasteiger partial charge in [-0.1, -0.05) is 24.3 Å². The zero-order chi connectivity index (χ0) is 16.1. The van der Waals surface area contributed by atoms with Gasteiger partial charge in [0.2, 0.25) is 0 Å². The normalized spacial score (nSPS) is 21.8. The molecule has 1 fully saturated rings. The molecule has 2 amide bonds. The Morgan fingerprint density at radius 3 is 2.74 bits per heavy atom. The number of fused-ring (bicyclic) bond motifs is 1. The van der Waals surface area contributed by atoms with Crippen LogP contribution in [0, 0.1) is 5.92 Å². The Morgan fingerprint density at radius 2 is 2.00 bits per heavy atom. The molecule has 2 aliphatic heterocycles. The van der Waals surface area contributed by atoms with E-state index in [1.165, 1.54) is 11.1 Å². The quantitative estimate of drug-likeness (QED) is 0.788. The summed E-state index contributed by atoms with van der Waals surface area (Å²) in [5.74, 6) is 0.695. The number of rotatable bonds is 4. The summed E-state index contributed by atoms with van der Waals surface area (Å²) in [6.45, 7) is 4.05. The molecule has 1 saturated heterocycles. The molecular formula is C18H28N4O. The van der Waals surface area contributed by atoms with Crippen LogP contribution in [-0.4, -0.2) is 43.2 Å². The average Bonchev–Trinajstić information content (AvgIpc) is 2.60. The number of hydrogen-bond donors (Lipinski definition) is 3. The summed E-state index contributed by atoms with van der Waals surface area (Å²) < 4.78 is 0. The van der Waals surface area contributed by atoms with Gasteiger partial charge in [-0.3, -0.25) is 0 Å². The number of nitrogens with one attached hydrogen (secondary N) is 2. The highest BCUT2D eigenvalue weighted by molar-refractivity contribution is 5.74. The third-order valence-corrected chi connectivity index (χ3v) is 5.14. The maximum Gasteiger partial charge on any atom is 0.317 e. The molecule has 0 spiro atoms. The smallest absolute Gasteiger partial charge is 0.317 e. The third kappa shape index (κ3) is 4.24. The summed E-state index contributed by atoms with van der Waals surface area (Å²) in [5.41, 5.74) is 8.39. The maximum atomic E-state index is 12.3. The van der Waals surface area contributed by atoms with Crippen LogP contribution in [0.15, 0.2) is 24.3 Å². The molecule has 126 valence electrons. The summed E-state index contributed by atoms with van der Waals surface area (Å²) in [5, 5.41) is 6.61. The van der Waals surface area contributed by atoms with E-state index in [0.29, 0.717) is 18.5 Å². The molecular weight excluding hydrogens is 288 g/mol. The van der Waals surface area contributed by atoms with Gasteiger partial charge in [0.1, 0.15) is 0 Å². The number of piperidine rings is 1. The van der Waals surface area contributed by atoms with Crippen molar-refractivity contribution in [3.63, 3.8) is 0 Å². The molecule has 0 radical (unpaired) electrons. The fraction of sp³-hybridized carbons (Fsp3) is 0.611. The molecule has 5 nitrogen and oxygen atoms in total. The number of nitrogens with zero attached hydrogens (tertiary/aromatic N) is 1. The minimum absolute atomic E-state index is 0.0804. The van der Waals surface area contributed by atoms with E-state index in [9.17, 15) is 4.79 Å². The van der Waals surface area contributed by atoms with Crippen LogP contribution in [0.25, 0.3) is 0 Å². The second-order valence-electron chi connectivity index (χ2n) is 6.74. The number of urea groups is 1. The molecule has 0 aliphatic carbocycles. The van der Waals surface area contributed by atoms with Gasteiger partial charge in [-0.25, -0.2) is 4.79 Å². The second-order valence-corrected chi connectivity index (χ2v) is 6.74. The fourth-order valence-electron chi connectivity index (χ4n) is 3.65. The molecule has 0 saturated carbocycles. The van der Waals surface area contributed by atoms with E-state index in [2.05, 4.69) is 34.9 Å². The second kappa shape index (κ2) is 7.79. The van der Waals surface area contributed by atoms with Crippen LogP contribution in [0.5, 0.6) is 0 Å². The van der Waals surface area contributed by atoms with E-state index in [0.717, 1.165) is 51.9 Å². The predicted octanol–water partition coefficient (Wildman–Crippen LogP) is 1.47. The summed E-state index contributed by atoms with van der Waals surface area (Å²) >= 11 is 0. The lowest BCUT2D eigenvalue weighted by molar-refractivity contribution is 0.167. The van der Waals surface area contributed by atoms with Gasteiger partial charge in [0.25, 0.3) is 0 Å². The van der Waals surface area contributed by atoms with Crippen molar-refractivity contribution in [1.82, 2.24) is 15.5 Å². The number of likely N-dealkylation sites (tertiary alicyclic amines) is 1. The number of nitrogens with two attached hydrogens (primary N) is 1. The minimum atomic E-state index is 0.0804. The molecule has 1 aromatic rings. The zero-order valence-electron chi connectivity index (χ0n) is 13.8. The average molecular weight is 316 g/mol. The van der Waals surface area contributed by atoms with Gasteiger partial charge in [0.05, 0.1) is 0 Å². The van der Waals surface area contributed by atoms with Gasteiger partial charge >= 0.3 is 6.03 Å². The molecule has 3 rings (SSSR count). The van der Waals surface area contributed by atoms with Crippen LogP contribution in [0.3, 0.4) is 0 Å². The van der Waals surface area contributed by atoms with Crippen molar-refractivity contribution in [2.24, 2.45) is 11.7 Å². The van der Waals surface area contributed by atoms with Gasteiger partial charge in [0, 0.05) is 32.2 Å². The van der Waals surface area contributed by atoms with Gasteiger partial charge < -0.3 is 21.3 Å². The van der Waals surface area contributed by atoms with Gasteiger partial charge in [-0.05, 0) is 49.3 Å². The predicted molar refractivity (Wildman–Crippen MR) is 92.1 cm³/mol. The minimum Gasteiger partial charge on any atom is -0.336 e. The zero-order valence-corrected chi connectivity index (χ0v) is 13.8. The molecule has 1 atom stereocenters. The maximum absolute atomic E-state index is 12.3. The van der Waals surface area contributed by atoms with Crippen molar-refractivity contribution in [2.75, 3.05) is 26.2 Å². The Labute approximate surface area is 138 Å². The first-order valence-corrected chi connectivity index (χ1v) is 8.79. The van der Waals surface area contributed by atoms with Crippen LogP contribution in [0.1, 0.15) is 30.4 Å². The highest BCUT2D eigenvalue weighted by Crippen LogP contribution is 2.20. The molecule has 0 aromatic heterocycles. The first-order chi connectivity index (χ1) is 11.3. The third-order valence-electron chi connectivity index (χ3n) is 5.14. The standard InChI is InChI=1S/C18H28N4O/c19-8-5-14-6-9-22(10-7-14)18(23)21-13-17-11-15-3-1-2-4-16(15)12-20-17/h1-4,14,17,20H,5-13,19H2,(H,21,23). The fourth-order valence-corrected chi connectivity index (χ4v) is 3.65. The number of benzene rings is 1. The summed E-state index contributed by atoms with van der Waals surface area (Å²) in [6.07, 6.45) is 4.23. The lowest BCUT2D eigenvalue weighted by Gasteiger charge is -2.33. The Bertz CT molecular complexity index is 526. The molecule has 0 bridgehead atoms. The van der Waals surface area contributed by atoms with Crippen molar-refractivity contribution in [2.45, 2.75) is 38.3 Å². The molecule has 2 heterocycles. The molecule has 23 heavy (non-hydrogen) atoms. The Morgan fingerprint density at radius 1 is 1.26 bits per heavy atom. The van der Waals surface area contributed by atoms with Crippen LogP contribution in [-0.2, 0) is 13.0 Å². The summed E-state index contributed by atoms with van der Waals surface area (Å²) in [7, 11) is 0. The lowest BCUT2D eigenvalue weighted by atomic mass is 9.94. The Hall–Kier alpha value is -1.59. The monoisotopic (exact) mass is 316 g/mol. The van der Waals surface area contributed by atoms with E-state index < -0.39 is 0 Å². The van der Waals surface area contributed by atoms with Crippen LogP contribution in [0.4, 0.5) is 4.79 Å². The van der Waals surface area contributed by atoms with E-state index in [4.69, 9.17) is 5.73 Å². The largest absolute Gasteiger partial charge is 0.336 e. The van der Waals surface area contributed by atoms with E-state index in [1.54, 1.807) is 0 Å².